The number of anilines is 4. The second-order valence-electron chi connectivity index (χ2n) is 9.37. The molecule has 2 N–H and O–H groups in total. The zero-order chi connectivity index (χ0) is 24.4. The molecule has 1 aromatic heterocycles. The molecular formula is C26H30ClN5O2S. The Morgan fingerprint density at radius 3 is 2.51 bits per heavy atom. The van der Waals surface area contributed by atoms with Crippen LogP contribution in [0.5, 0.6) is 0 Å². The number of aromatic nitrogens is 2. The number of nitrogens with one attached hydrogen (secondary N) is 2. The molecule has 3 aromatic rings. The molecule has 7 nitrogen and oxygen atoms in total. The summed E-state index contributed by atoms with van der Waals surface area (Å²) in [6.07, 6.45) is 9.95. The Bertz CT molecular complexity index is 1330. The lowest BCUT2D eigenvalue weighted by Crippen LogP contribution is -2.32. The van der Waals surface area contributed by atoms with Crippen LogP contribution in [0.3, 0.4) is 0 Å². The van der Waals surface area contributed by atoms with E-state index in [0.717, 1.165) is 18.5 Å². The highest BCUT2D eigenvalue weighted by Gasteiger charge is 2.24. The van der Waals surface area contributed by atoms with E-state index in [1.165, 1.54) is 62.4 Å². The molecule has 1 aliphatic heterocycles. The Labute approximate surface area is 211 Å². The van der Waals surface area contributed by atoms with Crippen molar-refractivity contribution in [2.24, 2.45) is 0 Å². The van der Waals surface area contributed by atoms with Crippen molar-refractivity contribution in [2.75, 3.05) is 30.0 Å². The summed E-state index contributed by atoms with van der Waals surface area (Å²) in [5, 5.41) is 6.65. The molecule has 1 atom stereocenters. The van der Waals surface area contributed by atoms with Crippen LogP contribution in [-0.2, 0) is 22.7 Å². The number of fused-ring (bicyclic) bond motifs is 1. The van der Waals surface area contributed by atoms with Crippen LogP contribution in [0.25, 0.3) is 0 Å². The lowest BCUT2D eigenvalue weighted by atomic mass is 10.0. The number of halogens is 1. The first-order chi connectivity index (χ1) is 16.9. The molecule has 9 heteroatoms. The van der Waals surface area contributed by atoms with E-state index in [4.69, 9.17) is 11.6 Å². The number of likely N-dealkylation sites (tertiary alicyclic amines) is 1. The summed E-state index contributed by atoms with van der Waals surface area (Å²) < 4.78 is 24.3. The van der Waals surface area contributed by atoms with Gasteiger partial charge >= 0.3 is 0 Å². The van der Waals surface area contributed by atoms with Gasteiger partial charge in [0, 0.05) is 18.0 Å². The van der Waals surface area contributed by atoms with Crippen molar-refractivity contribution in [3.8, 4) is 0 Å². The molecule has 2 aromatic carbocycles. The normalized spacial score (nSPS) is 18.6. The van der Waals surface area contributed by atoms with Crippen LogP contribution < -0.4 is 10.6 Å². The highest BCUT2D eigenvalue weighted by atomic mass is 35.5. The number of hydrogen-bond donors (Lipinski definition) is 2. The van der Waals surface area contributed by atoms with E-state index < -0.39 is 9.84 Å². The number of rotatable bonds is 6. The maximum Gasteiger partial charge on any atom is 0.229 e. The number of sulfone groups is 1. The minimum atomic E-state index is -3.41. The van der Waals surface area contributed by atoms with Gasteiger partial charge in [-0.3, -0.25) is 0 Å². The maximum atomic E-state index is 12.2. The van der Waals surface area contributed by atoms with Crippen molar-refractivity contribution in [1.29, 1.82) is 0 Å². The lowest BCUT2D eigenvalue weighted by Gasteiger charge is -2.25. The molecule has 35 heavy (non-hydrogen) atoms. The van der Waals surface area contributed by atoms with E-state index >= 15 is 0 Å². The van der Waals surface area contributed by atoms with Crippen molar-refractivity contribution in [3.05, 3.63) is 64.8 Å². The van der Waals surface area contributed by atoms with Crippen LogP contribution >= 0.6 is 11.6 Å². The molecule has 2 aliphatic rings. The largest absolute Gasteiger partial charge is 0.338 e. The van der Waals surface area contributed by atoms with Crippen LogP contribution in [-0.4, -0.2) is 48.7 Å². The van der Waals surface area contributed by atoms with Gasteiger partial charge < -0.3 is 15.5 Å². The van der Waals surface area contributed by atoms with E-state index in [9.17, 15) is 8.42 Å². The SMILES string of the molecule is CS(=O)(=O)c1ccccc1Nc1nc(Nc2ccc3c(c2)CCC(N2CCCC2)CC3)ncc1Cl. The standard InChI is InChI=1S/C26H30ClN5O2S/c1-35(33,34)24-7-3-2-6-23(24)30-25-22(27)17-28-26(31-25)29-20-11-8-18-9-12-21(13-10-19(18)16-20)32-14-4-5-15-32/h2-3,6-8,11,16-17,21H,4-5,9-10,12-15H2,1H3,(H2,28,29,30,31). The molecule has 0 radical (unpaired) electrons. The van der Waals surface area contributed by atoms with Gasteiger partial charge in [-0.25, -0.2) is 13.4 Å². The summed E-state index contributed by atoms with van der Waals surface area (Å²) in [6, 6.07) is 13.8. The lowest BCUT2D eigenvalue weighted by molar-refractivity contribution is 0.222. The molecule has 5 rings (SSSR count). The van der Waals surface area contributed by atoms with Crippen molar-refractivity contribution < 1.29 is 8.42 Å². The average molecular weight is 512 g/mol. The number of hydrogen-bond acceptors (Lipinski definition) is 7. The number of aryl methyl sites for hydroxylation is 2. The fourth-order valence-corrected chi connectivity index (χ4v) is 6.09. The molecular weight excluding hydrogens is 482 g/mol. The third-order valence-corrected chi connectivity index (χ3v) is 8.33. The maximum absolute atomic E-state index is 12.2. The summed E-state index contributed by atoms with van der Waals surface area (Å²) in [5.41, 5.74) is 4.15. The van der Waals surface area contributed by atoms with E-state index in [1.54, 1.807) is 24.3 Å². The van der Waals surface area contributed by atoms with Gasteiger partial charge in [0.15, 0.2) is 15.7 Å². The van der Waals surface area contributed by atoms with Crippen LogP contribution in [0.1, 0.15) is 36.8 Å². The van der Waals surface area contributed by atoms with Gasteiger partial charge in [0.1, 0.15) is 5.02 Å². The zero-order valence-corrected chi connectivity index (χ0v) is 21.4. The molecule has 0 spiro atoms. The second kappa shape index (κ2) is 10.1. The summed E-state index contributed by atoms with van der Waals surface area (Å²) in [7, 11) is -3.41. The van der Waals surface area contributed by atoms with Gasteiger partial charge in [-0.2, -0.15) is 4.98 Å². The zero-order valence-electron chi connectivity index (χ0n) is 19.8. The van der Waals surface area contributed by atoms with Crippen molar-refractivity contribution in [1.82, 2.24) is 14.9 Å². The minimum absolute atomic E-state index is 0.183. The molecule has 1 fully saturated rings. The first kappa shape index (κ1) is 24.0. The third kappa shape index (κ3) is 5.60. The number of benzene rings is 2. The molecule has 1 saturated heterocycles. The highest BCUT2D eigenvalue weighted by Crippen LogP contribution is 2.31. The molecule has 0 amide bonds. The van der Waals surface area contributed by atoms with Gasteiger partial charge in [0.25, 0.3) is 0 Å². The predicted octanol–water partition coefficient (Wildman–Crippen LogP) is 5.36. The smallest absolute Gasteiger partial charge is 0.229 e. The van der Waals surface area contributed by atoms with Gasteiger partial charge in [0.05, 0.1) is 16.8 Å². The van der Waals surface area contributed by atoms with E-state index in [-0.39, 0.29) is 4.90 Å². The van der Waals surface area contributed by atoms with Crippen LogP contribution in [0, 0.1) is 0 Å². The van der Waals surface area contributed by atoms with Crippen LogP contribution in [0.4, 0.5) is 23.1 Å². The van der Waals surface area contributed by atoms with Crippen LogP contribution in [0.15, 0.2) is 53.6 Å². The predicted molar refractivity (Wildman–Crippen MR) is 141 cm³/mol. The summed E-state index contributed by atoms with van der Waals surface area (Å²) in [5.74, 6) is 0.723. The molecule has 0 bridgehead atoms. The van der Waals surface area contributed by atoms with Crippen molar-refractivity contribution in [3.63, 3.8) is 0 Å². The monoisotopic (exact) mass is 511 g/mol. The van der Waals surface area contributed by atoms with E-state index in [0.29, 0.717) is 28.5 Å². The summed E-state index contributed by atoms with van der Waals surface area (Å²) in [6.45, 7) is 2.49. The first-order valence-electron chi connectivity index (χ1n) is 12.1. The average Bonchev–Trinajstić information content (AvgIpc) is 3.28. The number of para-hydroxylation sites is 1. The Hall–Kier alpha value is -2.68. The molecule has 1 aliphatic carbocycles. The Kier molecular flexibility index (Phi) is 6.95. The van der Waals surface area contributed by atoms with Crippen LogP contribution in [0.2, 0.25) is 5.02 Å². The summed E-state index contributed by atoms with van der Waals surface area (Å²) in [4.78, 5) is 11.7. The topological polar surface area (TPSA) is 87.2 Å². The van der Waals surface area contributed by atoms with Gasteiger partial charge in [0.2, 0.25) is 5.95 Å². The third-order valence-electron chi connectivity index (χ3n) is 6.90. The van der Waals surface area contributed by atoms with Crippen molar-refractivity contribution in [2.45, 2.75) is 49.5 Å². The van der Waals surface area contributed by atoms with Gasteiger partial charge in [-0.15, -0.1) is 0 Å². The van der Waals surface area contributed by atoms with Crippen molar-refractivity contribution >= 4 is 44.6 Å². The van der Waals surface area contributed by atoms with E-state index in [2.05, 4.69) is 43.7 Å². The van der Waals surface area contributed by atoms with E-state index in [1.807, 2.05) is 0 Å². The Morgan fingerprint density at radius 1 is 1.00 bits per heavy atom. The van der Waals surface area contributed by atoms with Gasteiger partial charge in [-0.05, 0) is 87.0 Å². The highest BCUT2D eigenvalue weighted by molar-refractivity contribution is 7.90. The fraction of sp³-hybridized carbons (Fsp3) is 0.385. The molecule has 0 saturated carbocycles. The molecule has 184 valence electrons. The Morgan fingerprint density at radius 2 is 1.74 bits per heavy atom. The fourth-order valence-electron chi connectivity index (χ4n) is 5.11. The molecule has 2 heterocycles. The van der Waals surface area contributed by atoms with Gasteiger partial charge in [-0.1, -0.05) is 29.8 Å². The first-order valence-corrected chi connectivity index (χ1v) is 14.4. The number of nitrogens with zero attached hydrogens (tertiary/aromatic N) is 3. The quantitative estimate of drug-likeness (QED) is 0.430. The Balaban J connectivity index is 1.33. The second-order valence-corrected chi connectivity index (χ2v) is 11.8. The minimum Gasteiger partial charge on any atom is -0.338 e. The summed E-state index contributed by atoms with van der Waals surface area (Å²) >= 11 is 6.33. The molecule has 1 unspecified atom stereocenters.